The number of aromatic amines is 1. The Morgan fingerprint density at radius 3 is 2.65 bits per heavy atom. The fourth-order valence-corrected chi connectivity index (χ4v) is 1.66. The predicted molar refractivity (Wildman–Crippen MR) is 65.4 cm³/mol. The first-order chi connectivity index (χ1) is 8.19. The number of nitrogens with one attached hydrogen (secondary N) is 1. The molecule has 0 fully saturated rings. The molecular formula is C13H14N2O2. The fraction of sp³-hybridized carbons (Fsp3) is 0.231. The van der Waals surface area contributed by atoms with Crippen LogP contribution in [0.15, 0.2) is 35.1 Å². The first kappa shape index (κ1) is 11.4. The van der Waals surface area contributed by atoms with E-state index >= 15 is 0 Å². The van der Waals surface area contributed by atoms with Crippen molar-refractivity contribution in [3.05, 3.63) is 57.5 Å². The van der Waals surface area contributed by atoms with Crippen LogP contribution in [0.3, 0.4) is 0 Å². The minimum Gasteiger partial charge on any atom is -0.497 e. The smallest absolute Gasteiger partial charge is 0.267 e. The van der Waals surface area contributed by atoms with Crippen LogP contribution in [0.2, 0.25) is 0 Å². The van der Waals surface area contributed by atoms with Crippen molar-refractivity contribution in [3.63, 3.8) is 0 Å². The second-order valence-corrected chi connectivity index (χ2v) is 3.89. The van der Waals surface area contributed by atoms with Gasteiger partial charge < -0.3 is 4.74 Å². The van der Waals surface area contributed by atoms with Crippen molar-refractivity contribution in [2.24, 2.45) is 0 Å². The maximum absolute atomic E-state index is 11.6. The summed E-state index contributed by atoms with van der Waals surface area (Å²) in [5.41, 5.74) is 2.48. The first-order valence-electron chi connectivity index (χ1n) is 5.37. The Morgan fingerprint density at radius 2 is 2.00 bits per heavy atom. The average Bonchev–Trinajstić information content (AvgIpc) is 2.35. The van der Waals surface area contributed by atoms with Crippen molar-refractivity contribution in [3.8, 4) is 5.75 Å². The molecule has 2 rings (SSSR count). The summed E-state index contributed by atoms with van der Waals surface area (Å²) in [6.07, 6.45) is 0.600. The summed E-state index contributed by atoms with van der Waals surface area (Å²) in [5.74, 6) is 0.813. The molecule has 0 aliphatic carbocycles. The molecule has 0 atom stereocenters. The van der Waals surface area contributed by atoms with Crippen molar-refractivity contribution in [2.45, 2.75) is 13.3 Å². The SMILES string of the molecule is COc1ccc(Cc2cc(C)n[nH]c2=O)cc1. The van der Waals surface area contributed by atoms with Gasteiger partial charge in [0.2, 0.25) is 0 Å². The molecule has 4 nitrogen and oxygen atoms in total. The van der Waals surface area contributed by atoms with Gasteiger partial charge in [-0.25, -0.2) is 5.10 Å². The van der Waals surface area contributed by atoms with Gasteiger partial charge in [0.05, 0.1) is 12.8 Å². The van der Waals surface area contributed by atoms with Crippen LogP contribution in [0.1, 0.15) is 16.8 Å². The average molecular weight is 230 g/mol. The quantitative estimate of drug-likeness (QED) is 0.872. The third kappa shape index (κ3) is 2.72. The van der Waals surface area contributed by atoms with Crippen molar-refractivity contribution in [1.82, 2.24) is 10.2 Å². The topological polar surface area (TPSA) is 55.0 Å². The number of aromatic nitrogens is 2. The molecule has 0 radical (unpaired) electrons. The number of hydrogen-bond donors (Lipinski definition) is 1. The minimum absolute atomic E-state index is 0.133. The van der Waals surface area contributed by atoms with Crippen molar-refractivity contribution in [1.29, 1.82) is 0 Å². The number of aryl methyl sites for hydroxylation is 1. The predicted octanol–water partition coefficient (Wildman–Crippen LogP) is 1.68. The minimum atomic E-state index is -0.133. The van der Waals surface area contributed by atoms with Crippen LogP contribution in [0, 0.1) is 6.92 Å². The maximum Gasteiger partial charge on any atom is 0.267 e. The fourth-order valence-electron chi connectivity index (χ4n) is 1.66. The number of ether oxygens (including phenoxy) is 1. The van der Waals surface area contributed by atoms with E-state index in [9.17, 15) is 4.79 Å². The lowest BCUT2D eigenvalue weighted by molar-refractivity contribution is 0.414. The summed E-state index contributed by atoms with van der Waals surface area (Å²) in [4.78, 5) is 11.6. The van der Waals surface area contributed by atoms with Crippen LogP contribution in [-0.2, 0) is 6.42 Å². The zero-order valence-electron chi connectivity index (χ0n) is 9.86. The normalized spacial score (nSPS) is 10.2. The van der Waals surface area contributed by atoms with Crippen LogP contribution >= 0.6 is 0 Å². The van der Waals surface area contributed by atoms with Gasteiger partial charge in [0.15, 0.2) is 0 Å². The molecule has 88 valence electrons. The first-order valence-corrected chi connectivity index (χ1v) is 5.37. The third-order valence-electron chi connectivity index (χ3n) is 2.56. The molecule has 17 heavy (non-hydrogen) atoms. The van der Waals surface area contributed by atoms with E-state index in [1.165, 1.54) is 0 Å². The van der Waals surface area contributed by atoms with Crippen LogP contribution in [0.25, 0.3) is 0 Å². The Morgan fingerprint density at radius 1 is 1.29 bits per heavy atom. The van der Waals surface area contributed by atoms with Crippen LogP contribution in [0.5, 0.6) is 5.75 Å². The molecule has 0 amide bonds. The van der Waals surface area contributed by atoms with Gasteiger partial charge in [0.25, 0.3) is 5.56 Å². The largest absolute Gasteiger partial charge is 0.497 e. The number of methoxy groups -OCH3 is 1. The lowest BCUT2D eigenvalue weighted by Crippen LogP contribution is -2.15. The molecule has 0 aliphatic heterocycles. The summed E-state index contributed by atoms with van der Waals surface area (Å²) in [5, 5.41) is 6.33. The van der Waals surface area contributed by atoms with Crippen LogP contribution < -0.4 is 10.3 Å². The van der Waals surface area contributed by atoms with Crippen molar-refractivity contribution in [2.75, 3.05) is 7.11 Å². The van der Waals surface area contributed by atoms with E-state index in [2.05, 4.69) is 10.2 Å². The van der Waals surface area contributed by atoms with Gasteiger partial charge >= 0.3 is 0 Å². The highest BCUT2D eigenvalue weighted by Crippen LogP contribution is 2.13. The van der Waals surface area contributed by atoms with Gasteiger partial charge in [-0.05, 0) is 30.7 Å². The Balaban J connectivity index is 2.25. The Bertz CT molecular complexity index is 558. The van der Waals surface area contributed by atoms with Crippen LogP contribution in [-0.4, -0.2) is 17.3 Å². The number of benzene rings is 1. The highest BCUT2D eigenvalue weighted by molar-refractivity contribution is 5.30. The van der Waals surface area contributed by atoms with E-state index in [0.29, 0.717) is 6.42 Å². The second kappa shape index (κ2) is 4.82. The van der Waals surface area contributed by atoms with Gasteiger partial charge in [0, 0.05) is 12.0 Å². The molecular weight excluding hydrogens is 216 g/mol. The summed E-state index contributed by atoms with van der Waals surface area (Å²) in [6.45, 7) is 1.85. The lowest BCUT2D eigenvalue weighted by Gasteiger charge is -2.03. The molecule has 1 heterocycles. The monoisotopic (exact) mass is 230 g/mol. The van der Waals surface area contributed by atoms with E-state index in [-0.39, 0.29) is 5.56 Å². The van der Waals surface area contributed by atoms with E-state index < -0.39 is 0 Å². The number of nitrogens with zero attached hydrogens (tertiary/aromatic N) is 1. The molecule has 0 saturated carbocycles. The van der Waals surface area contributed by atoms with E-state index in [4.69, 9.17) is 4.74 Å². The Hall–Kier alpha value is -2.10. The second-order valence-electron chi connectivity index (χ2n) is 3.89. The summed E-state index contributed by atoms with van der Waals surface area (Å²) >= 11 is 0. The van der Waals surface area contributed by atoms with Gasteiger partial charge in [-0.1, -0.05) is 12.1 Å². The highest BCUT2D eigenvalue weighted by atomic mass is 16.5. The van der Waals surface area contributed by atoms with E-state index in [1.54, 1.807) is 7.11 Å². The zero-order valence-corrected chi connectivity index (χ0v) is 9.86. The van der Waals surface area contributed by atoms with Crippen molar-refractivity contribution < 1.29 is 4.74 Å². The van der Waals surface area contributed by atoms with Crippen LogP contribution in [0.4, 0.5) is 0 Å². The summed E-state index contributed by atoms with van der Waals surface area (Å²) in [7, 11) is 1.63. The Labute approximate surface area is 99.3 Å². The van der Waals surface area contributed by atoms with Crippen molar-refractivity contribution >= 4 is 0 Å². The number of rotatable bonds is 3. The molecule has 0 unspecified atom stereocenters. The van der Waals surface area contributed by atoms with Gasteiger partial charge in [-0.15, -0.1) is 0 Å². The highest BCUT2D eigenvalue weighted by Gasteiger charge is 2.02. The molecule has 0 spiro atoms. The maximum atomic E-state index is 11.6. The number of H-pyrrole nitrogens is 1. The Kier molecular flexibility index (Phi) is 3.23. The molecule has 4 heteroatoms. The molecule has 1 aromatic heterocycles. The summed E-state index contributed by atoms with van der Waals surface area (Å²) < 4.78 is 5.08. The van der Waals surface area contributed by atoms with E-state index in [1.807, 2.05) is 37.3 Å². The standard InChI is InChI=1S/C13H14N2O2/c1-9-7-11(13(16)15-14-9)8-10-3-5-12(17-2)6-4-10/h3-7H,8H2,1-2H3,(H,15,16). The molecule has 1 aromatic carbocycles. The lowest BCUT2D eigenvalue weighted by atomic mass is 10.1. The number of hydrogen-bond acceptors (Lipinski definition) is 3. The summed E-state index contributed by atoms with van der Waals surface area (Å²) in [6, 6.07) is 9.49. The van der Waals surface area contributed by atoms with Gasteiger partial charge in [-0.2, -0.15) is 5.10 Å². The molecule has 0 saturated heterocycles. The molecule has 2 aromatic rings. The molecule has 0 aliphatic rings. The third-order valence-corrected chi connectivity index (χ3v) is 2.56. The van der Waals surface area contributed by atoms with E-state index in [0.717, 1.165) is 22.6 Å². The van der Waals surface area contributed by atoms with Gasteiger partial charge in [-0.3, -0.25) is 4.79 Å². The van der Waals surface area contributed by atoms with Gasteiger partial charge in [0.1, 0.15) is 5.75 Å². The molecule has 1 N–H and O–H groups in total. The molecule has 0 bridgehead atoms. The zero-order chi connectivity index (χ0) is 12.3.